The highest BCUT2D eigenvalue weighted by Crippen LogP contribution is 2.29. The Morgan fingerprint density at radius 2 is 2.08 bits per heavy atom. The first-order valence-electron chi connectivity index (χ1n) is 7.55. The van der Waals surface area contributed by atoms with Crippen LogP contribution in [0.2, 0.25) is 0 Å². The molecule has 3 rings (SSSR count). The second-order valence-corrected chi connectivity index (χ2v) is 9.37. The summed E-state index contributed by atoms with van der Waals surface area (Å²) in [7, 11) is -1.89. The molecule has 0 saturated heterocycles. The summed E-state index contributed by atoms with van der Waals surface area (Å²) in [5, 5.41) is 0. The maximum atomic E-state index is 12.1. The Labute approximate surface area is 154 Å². The van der Waals surface area contributed by atoms with Crippen molar-refractivity contribution in [2.24, 2.45) is 0 Å². The highest BCUT2D eigenvalue weighted by Gasteiger charge is 2.11. The summed E-state index contributed by atoms with van der Waals surface area (Å²) < 4.78 is 33.8. The van der Waals surface area contributed by atoms with Crippen LogP contribution in [0.15, 0.2) is 46.9 Å². The number of ether oxygens (including phenoxy) is 1. The Morgan fingerprint density at radius 1 is 1.24 bits per heavy atom. The van der Waals surface area contributed by atoms with Gasteiger partial charge in [0.1, 0.15) is 0 Å². The minimum Gasteiger partial charge on any atom is -0.481 e. The zero-order valence-corrected chi connectivity index (χ0v) is 16.0. The van der Waals surface area contributed by atoms with Crippen LogP contribution >= 0.6 is 23.1 Å². The molecule has 0 aliphatic heterocycles. The number of nitrogens with one attached hydrogen (secondary N) is 1. The fraction of sp³-hybridized carbons (Fsp3) is 0.250. The van der Waals surface area contributed by atoms with Crippen LogP contribution in [-0.2, 0) is 10.0 Å². The number of nitrogens with zero attached hydrogens (tertiary/aromatic N) is 2. The molecule has 0 bridgehead atoms. The van der Waals surface area contributed by atoms with E-state index in [-0.39, 0.29) is 5.75 Å². The largest absolute Gasteiger partial charge is 0.481 e. The Hall–Kier alpha value is -1.84. The summed E-state index contributed by atoms with van der Waals surface area (Å²) in [6.45, 7) is 0. The number of pyridine rings is 1. The van der Waals surface area contributed by atoms with Crippen LogP contribution in [0.4, 0.5) is 5.69 Å². The molecule has 0 atom stereocenters. The molecule has 132 valence electrons. The smallest absolute Gasteiger partial charge is 0.232 e. The van der Waals surface area contributed by atoms with Crippen LogP contribution in [0, 0.1) is 0 Å². The van der Waals surface area contributed by atoms with Crippen molar-refractivity contribution in [3.8, 4) is 5.88 Å². The lowest BCUT2D eigenvalue weighted by Gasteiger charge is -2.07. The number of benzene rings is 1. The number of thioether (sulfide) groups is 1. The Morgan fingerprint density at radius 3 is 2.80 bits per heavy atom. The lowest BCUT2D eigenvalue weighted by Crippen LogP contribution is -2.17. The van der Waals surface area contributed by atoms with Gasteiger partial charge in [0.25, 0.3) is 0 Å². The van der Waals surface area contributed by atoms with E-state index >= 15 is 0 Å². The summed E-state index contributed by atoms with van der Waals surface area (Å²) in [4.78, 5) is 8.51. The fourth-order valence-corrected chi connectivity index (χ4v) is 5.48. The van der Waals surface area contributed by atoms with Crippen LogP contribution in [-0.4, -0.2) is 37.0 Å². The number of aromatic nitrogens is 2. The lowest BCUT2D eigenvalue weighted by atomic mass is 10.3. The number of thiazole rings is 1. The average Bonchev–Trinajstić information content (AvgIpc) is 3.02. The van der Waals surface area contributed by atoms with Crippen LogP contribution in [0.5, 0.6) is 5.88 Å². The molecule has 25 heavy (non-hydrogen) atoms. The predicted molar refractivity (Wildman–Crippen MR) is 103 cm³/mol. The normalized spacial score (nSPS) is 11.6. The first-order valence-corrected chi connectivity index (χ1v) is 11.0. The van der Waals surface area contributed by atoms with Crippen LogP contribution < -0.4 is 9.46 Å². The van der Waals surface area contributed by atoms with Gasteiger partial charge in [0.2, 0.25) is 15.9 Å². The molecule has 0 aliphatic carbocycles. The second-order valence-electron chi connectivity index (χ2n) is 5.16. The van der Waals surface area contributed by atoms with Crippen molar-refractivity contribution in [2.45, 2.75) is 10.8 Å². The van der Waals surface area contributed by atoms with Gasteiger partial charge in [-0.05, 0) is 24.6 Å². The number of anilines is 1. The molecular formula is C16H17N3O3S3. The van der Waals surface area contributed by atoms with Crippen molar-refractivity contribution in [2.75, 3.05) is 23.3 Å². The molecule has 0 spiro atoms. The van der Waals surface area contributed by atoms with Gasteiger partial charge < -0.3 is 4.74 Å². The Bertz CT molecular complexity index is 907. The Kier molecular flexibility index (Phi) is 5.77. The molecule has 3 aromatic rings. The molecule has 1 aromatic carbocycles. The number of fused-ring (bicyclic) bond motifs is 1. The number of sulfonamides is 1. The third-order valence-corrected chi connectivity index (χ3v) is 6.91. The predicted octanol–water partition coefficient (Wildman–Crippen LogP) is 3.62. The summed E-state index contributed by atoms with van der Waals surface area (Å²) >= 11 is 3.21. The molecule has 9 heteroatoms. The van der Waals surface area contributed by atoms with Gasteiger partial charge in [-0.3, -0.25) is 4.72 Å². The van der Waals surface area contributed by atoms with E-state index in [0.717, 1.165) is 14.6 Å². The topological polar surface area (TPSA) is 81.2 Å². The molecule has 2 heterocycles. The van der Waals surface area contributed by atoms with Crippen molar-refractivity contribution in [1.82, 2.24) is 9.97 Å². The van der Waals surface area contributed by atoms with Crippen LogP contribution in [0.3, 0.4) is 0 Å². The molecule has 6 nitrogen and oxygen atoms in total. The summed E-state index contributed by atoms with van der Waals surface area (Å²) in [5.41, 5.74) is 1.41. The standard InChI is InChI=1S/C16H17N3O3S3/c1-22-15-8-7-12(11-17-15)19-25(20,21)10-4-9-23-16-18-13-5-2-3-6-14(13)24-16/h2-3,5-8,11,19H,4,9-10H2,1H3. The molecule has 0 unspecified atom stereocenters. The number of hydrogen-bond acceptors (Lipinski definition) is 7. The molecule has 0 fully saturated rings. The molecule has 1 N–H and O–H groups in total. The van der Waals surface area contributed by atoms with E-state index in [2.05, 4.69) is 14.7 Å². The number of methoxy groups -OCH3 is 1. The van der Waals surface area contributed by atoms with Crippen molar-refractivity contribution < 1.29 is 13.2 Å². The van der Waals surface area contributed by atoms with E-state index in [1.807, 2.05) is 24.3 Å². The number of rotatable bonds is 8. The zero-order chi connectivity index (χ0) is 17.7. The highest BCUT2D eigenvalue weighted by atomic mass is 32.2. The fourth-order valence-electron chi connectivity index (χ4n) is 2.11. The van der Waals surface area contributed by atoms with Gasteiger partial charge in [0, 0.05) is 11.8 Å². The Balaban J connectivity index is 1.48. The molecule has 0 saturated carbocycles. The van der Waals surface area contributed by atoms with Crippen LogP contribution in [0.25, 0.3) is 10.2 Å². The number of hydrogen-bond donors (Lipinski definition) is 1. The quantitative estimate of drug-likeness (QED) is 0.463. The maximum Gasteiger partial charge on any atom is 0.232 e. The van der Waals surface area contributed by atoms with E-state index in [1.54, 1.807) is 35.2 Å². The van der Waals surface area contributed by atoms with Crippen molar-refractivity contribution >= 4 is 49.0 Å². The van der Waals surface area contributed by atoms with Crippen molar-refractivity contribution in [3.63, 3.8) is 0 Å². The molecule has 0 aliphatic rings. The van der Waals surface area contributed by atoms with Crippen molar-refractivity contribution in [3.05, 3.63) is 42.6 Å². The van der Waals surface area contributed by atoms with E-state index in [0.29, 0.717) is 23.7 Å². The molecule has 2 aromatic heterocycles. The van der Waals surface area contributed by atoms with E-state index < -0.39 is 10.0 Å². The van der Waals surface area contributed by atoms with Gasteiger partial charge >= 0.3 is 0 Å². The van der Waals surface area contributed by atoms with E-state index in [1.165, 1.54) is 13.3 Å². The third-order valence-electron chi connectivity index (χ3n) is 3.28. The zero-order valence-electron chi connectivity index (χ0n) is 13.5. The summed E-state index contributed by atoms with van der Waals surface area (Å²) in [6, 6.07) is 11.2. The average molecular weight is 396 g/mol. The second kappa shape index (κ2) is 8.03. The first kappa shape index (κ1) is 18.0. The minimum absolute atomic E-state index is 0.0525. The van der Waals surface area contributed by atoms with Gasteiger partial charge in [-0.15, -0.1) is 11.3 Å². The minimum atomic E-state index is -3.39. The van der Waals surface area contributed by atoms with Crippen molar-refractivity contribution in [1.29, 1.82) is 0 Å². The van der Waals surface area contributed by atoms with Gasteiger partial charge in [-0.25, -0.2) is 18.4 Å². The summed E-state index contributed by atoms with van der Waals surface area (Å²) in [5.74, 6) is 1.19. The number of para-hydroxylation sites is 1. The lowest BCUT2D eigenvalue weighted by molar-refractivity contribution is 0.398. The maximum absolute atomic E-state index is 12.1. The van der Waals surface area contributed by atoms with E-state index in [4.69, 9.17) is 4.74 Å². The first-order chi connectivity index (χ1) is 12.1. The van der Waals surface area contributed by atoms with Gasteiger partial charge in [-0.2, -0.15) is 0 Å². The monoisotopic (exact) mass is 395 g/mol. The van der Waals surface area contributed by atoms with Gasteiger partial charge in [0.15, 0.2) is 4.34 Å². The van der Waals surface area contributed by atoms with Gasteiger partial charge in [-0.1, -0.05) is 23.9 Å². The highest BCUT2D eigenvalue weighted by molar-refractivity contribution is 8.01. The molecule has 0 radical (unpaired) electrons. The van der Waals surface area contributed by atoms with Gasteiger partial charge in [0.05, 0.1) is 35.0 Å². The SMILES string of the molecule is COc1ccc(NS(=O)(=O)CCCSc2nc3ccccc3s2)cn1. The molecule has 0 amide bonds. The molecular weight excluding hydrogens is 378 g/mol. The van der Waals surface area contributed by atoms with Crippen LogP contribution in [0.1, 0.15) is 6.42 Å². The summed E-state index contributed by atoms with van der Waals surface area (Å²) in [6.07, 6.45) is 1.98. The third kappa shape index (κ3) is 5.07. The van der Waals surface area contributed by atoms with E-state index in [9.17, 15) is 8.42 Å².